The number of ether oxygens (including phenoxy) is 1. The van der Waals surface area contributed by atoms with Crippen LogP contribution in [0.4, 0.5) is 0 Å². The molecule has 0 spiro atoms. The lowest BCUT2D eigenvalue weighted by atomic mass is 9.67. The first-order valence-corrected chi connectivity index (χ1v) is 7.77. The molecule has 0 N–H and O–H groups in total. The van der Waals surface area contributed by atoms with E-state index in [-0.39, 0.29) is 17.4 Å². The Morgan fingerprint density at radius 3 is 2.86 bits per heavy atom. The zero-order valence-corrected chi connectivity index (χ0v) is 12.9. The minimum Gasteiger partial charge on any atom is -0.416 e. The predicted octanol–water partition coefficient (Wildman–Crippen LogP) is 2.70. The molecule has 0 aromatic carbocycles. The number of fused-ring (bicyclic) bond motifs is 2. The van der Waals surface area contributed by atoms with Crippen molar-refractivity contribution in [3.8, 4) is 0 Å². The van der Waals surface area contributed by atoms with E-state index < -0.39 is 11.2 Å². The molecular formula is C16H23NO4. The second-order valence-corrected chi connectivity index (χ2v) is 6.87. The number of carbonyl (C=O) groups is 1. The van der Waals surface area contributed by atoms with Crippen LogP contribution in [0.1, 0.15) is 51.2 Å². The third-order valence-electron chi connectivity index (χ3n) is 5.80. The molecule has 0 amide bonds. The SMILES string of the molecule is CCCO[C@@H]1C[C@H]2CC[C@]1(C(=O)n1ccoc1=O)C2(C)C. The molecule has 0 saturated heterocycles. The summed E-state index contributed by atoms with van der Waals surface area (Å²) in [6.07, 6.45) is 6.25. The largest absolute Gasteiger partial charge is 0.425 e. The van der Waals surface area contributed by atoms with Gasteiger partial charge in [0.1, 0.15) is 6.26 Å². The van der Waals surface area contributed by atoms with E-state index in [2.05, 4.69) is 20.8 Å². The van der Waals surface area contributed by atoms with Crippen LogP contribution in [0.15, 0.2) is 21.7 Å². The van der Waals surface area contributed by atoms with Gasteiger partial charge in [0.25, 0.3) is 0 Å². The summed E-state index contributed by atoms with van der Waals surface area (Å²) >= 11 is 0. The highest BCUT2D eigenvalue weighted by Crippen LogP contribution is 2.67. The second-order valence-electron chi connectivity index (χ2n) is 6.87. The molecule has 2 saturated carbocycles. The molecular weight excluding hydrogens is 270 g/mol. The van der Waals surface area contributed by atoms with Crippen LogP contribution in [0.3, 0.4) is 0 Å². The van der Waals surface area contributed by atoms with Crippen LogP contribution >= 0.6 is 0 Å². The number of hydrogen-bond donors (Lipinski definition) is 0. The first kappa shape index (κ1) is 14.6. The first-order valence-electron chi connectivity index (χ1n) is 7.77. The third-order valence-corrected chi connectivity index (χ3v) is 5.80. The van der Waals surface area contributed by atoms with Crippen LogP contribution in [0.5, 0.6) is 0 Å². The van der Waals surface area contributed by atoms with Crippen molar-refractivity contribution >= 4 is 5.91 Å². The van der Waals surface area contributed by atoms with Gasteiger partial charge in [-0.2, -0.15) is 0 Å². The Labute approximate surface area is 124 Å². The van der Waals surface area contributed by atoms with Crippen molar-refractivity contribution in [1.29, 1.82) is 0 Å². The lowest BCUT2D eigenvalue weighted by Crippen LogP contribution is -2.50. The molecule has 2 aliphatic rings. The number of oxazole rings is 1. The molecule has 2 fully saturated rings. The van der Waals surface area contributed by atoms with Crippen molar-refractivity contribution in [2.45, 2.75) is 52.6 Å². The topological polar surface area (TPSA) is 61.4 Å². The monoisotopic (exact) mass is 293 g/mol. The van der Waals surface area contributed by atoms with Crippen molar-refractivity contribution in [2.75, 3.05) is 6.61 Å². The Balaban J connectivity index is 2.03. The molecule has 2 aliphatic carbocycles. The van der Waals surface area contributed by atoms with Gasteiger partial charge in [-0.25, -0.2) is 9.36 Å². The molecule has 0 radical (unpaired) electrons. The predicted molar refractivity (Wildman–Crippen MR) is 77.2 cm³/mol. The maximum atomic E-state index is 13.1. The van der Waals surface area contributed by atoms with Crippen molar-refractivity contribution < 1.29 is 13.9 Å². The summed E-state index contributed by atoms with van der Waals surface area (Å²) in [6, 6.07) is 0. The van der Waals surface area contributed by atoms with Gasteiger partial charge in [0.2, 0.25) is 5.91 Å². The molecule has 21 heavy (non-hydrogen) atoms. The lowest BCUT2D eigenvalue weighted by molar-refractivity contribution is -0.0441. The fourth-order valence-corrected chi connectivity index (χ4v) is 4.52. The van der Waals surface area contributed by atoms with Crippen LogP contribution in [-0.2, 0) is 4.74 Å². The Bertz CT molecular complexity index is 599. The third kappa shape index (κ3) is 1.79. The minimum atomic E-state index is -0.611. The number of rotatable bonds is 4. The highest BCUT2D eigenvalue weighted by atomic mass is 16.5. The van der Waals surface area contributed by atoms with E-state index in [0.29, 0.717) is 12.5 Å². The molecule has 3 atom stereocenters. The summed E-state index contributed by atoms with van der Waals surface area (Å²) in [5, 5.41) is 0. The zero-order valence-electron chi connectivity index (χ0n) is 12.9. The van der Waals surface area contributed by atoms with Crippen LogP contribution < -0.4 is 5.76 Å². The molecule has 0 unspecified atom stereocenters. The van der Waals surface area contributed by atoms with E-state index in [0.717, 1.165) is 30.3 Å². The van der Waals surface area contributed by atoms with E-state index in [9.17, 15) is 9.59 Å². The Hall–Kier alpha value is -1.36. The normalized spacial score (nSPS) is 33.5. The Morgan fingerprint density at radius 1 is 1.52 bits per heavy atom. The summed E-state index contributed by atoms with van der Waals surface area (Å²) in [5.41, 5.74) is -0.764. The quantitative estimate of drug-likeness (QED) is 0.856. The van der Waals surface area contributed by atoms with Crippen LogP contribution in [0.2, 0.25) is 0 Å². The Kier molecular flexibility index (Phi) is 3.35. The minimum absolute atomic E-state index is 0.0968. The smallest absolute Gasteiger partial charge is 0.416 e. The van der Waals surface area contributed by atoms with Gasteiger partial charge in [-0.1, -0.05) is 20.8 Å². The number of carbonyl (C=O) groups excluding carboxylic acids is 1. The van der Waals surface area contributed by atoms with Crippen molar-refractivity contribution in [3.63, 3.8) is 0 Å². The summed E-state index contributed by atoms with van der Waals surface area (Å²) in [4.78, 5) is 24.9. The summed E-state index contributed by atoms with van der Waals surface area (Å²) in [5.74, 6) is -0.284. The molecule has 116 valence electrons. The number of hydrogen-bond acceptors (Lipinski definition) is 4. The summed E-state index contributed by atoms with van der Waals surface area (Å²) < 4.78 is 11.9. The van der Waals surface area contributed by atoms with Crippen LogP contribution in [0, 0.1) is 16.7 Å². The van der Waals surface area contributed by atoms with E-state index in [1.165, 1.54) is 12.5 Å². The summed E-state index contributed by atoms with van der Waals surface area (Å²) in [6.45, 7) is 7.00. The fourth-order valence-electron chi connectivity index (χ4n) is 4.52. The fraction of sp³-hybridized carbons (Fsp3) is 0.750. The van der Waals surface area contributed by atoms with E-state index in [1.54, 1.807) is 0 Å². The zero-order chi connectivity index (χ0) is 15.3. The van der Waals surface area contributed by atoms with Gasteiger partial charge in [0.05, 0.1) is 17.7 Å². The van der Waals surface area contributed by atoms with Gasteiger partial charge in [0.15, 0.2) is 0 Å². The maximum absolute atomic E-state index is 13.1. The molecule has 5 heteroatoms. The standard InChI is InChI=1S/C16H23NO4/c1-4-8-20-12-10-11-5-6-16(12,15(11,2)3)13(18)17-7-9-21-14(17)19/h7,9,11-12H,4-6,8,10H2,1-3H3/t11-,12-,16+/m1/s1. The first-order chi connectivity index (χ1) is 9.95. The molecule has 0 aliphatic heterocycles. The molecule has 2 bridgehead atoms. The van der Waals surface area contributed by atoms with E-state index in [1.807, 2.05) is 0 Å². The highest BCUT2D eigenvalue weighted by Gasteiger charge is 2.68. The van der Waals surface area contributed by atoms with Gasteiger partial charge < -0.3 is 9.15 Å². The number of aromatic nitrogens is 1. The van der Waals surface area contributed by atoms with E-state index in [4.69, 9.17) is 9.15 Å². The summed E-state index contributed by atoms with van der Waals surface area (Å²) in [7, 11) is 0. The van der Waals surface area contributed by atoms with Crippen molar-refractivity contribution in [3.05, 3.63) is 23.0 Å². The van der Waals surface area contributed by atoms with Gasteiger partial charge in [-0.15, -0.1) is 0 Å². The lowest BCUT2D eigenvalue weighted by Gasteiger charge is -2.40. The van der Waals surface area contributed by atoms with Gasteiger partial charge in [-0.05, 0) is 37.0 Å². The number of nitrogens with zero attached hydrogens (tertiary/aromatic N) is 1. The average molecular weight is 293 g/mol. The van der Waals surface area contributed by atoms with E-state index >= 15 is 0 Å². The van der Waals surface area contributed by atoms with Crippen molar-refractivity contribution in [1.82, 2.24) is 4.57 Å². The maximum Gasteiger partial charge on any atom is 0.425 e. The average Bonchev–Trinajstić information content (AvgIpc) is 3.05. The molecule has 5 nitrogen and oxygen atoms in total. The molecule has 1 aromatic rings. The van der Waals surface area contributed by atoms with Gasteiger partial charge in [-0.3, -0.25) is 4.79 Å². The second kappa shape index (κ2) is 4.83. The van der Waals surface area contributed by atoms with Crippen molar-refractivity contribution in [2.24, 2.45) is 16.7 Å². The molecule has 3 rings (SSSR count). The Morgan fingerprint density at radius 2 is 2.29 bits per heavy atom. The molecule has 1 aromatic heterocycles. The van der Waals surface area contributed by atoms with Crippen LogP contribution in [0.25, 0.3) is 0 Å². The molecule has 1 heterocycles. The van der Waals surface area contributed by atoms with Gasteiger partial charge >= 0.3 is 5.76 Å². The van der Waals surface area contributed by atoms with Crippen LogP contribution in [-0.4, -0.2) is 23.2 Å². The van der Waals surface area contributed by atoms with Gasteiger partial charge in [0, 0.05) is 6.61 Å². The highest BCUT2D eigenvalue weighted by molar-refractivity contribution is 5.87.